The highest BCUT2D eigenvalue weighted by atomic mass is 16.6. The van der Waals surface area contributed by atoms with Crippen molar-refractivity contribution >= 4 is 18.0 Å². The number of ether oxygens (including phenoxy) is 3. The van der Waals surface area contributed by atoms with E-state index in [-0.39, 0.29) is 26.2 Å². The molecule has 1 unspecified atom stereocenters. The normalized spacial score (nSPS) is 11.4. The molecule has 0 saturated heterocycles. The first-order chi connectivity index (χ1) is 17.6. The molecule has 1 N–H and O–H groups in total. The fourth-order valence-corrected chi connectivity index (χ4v) is 3.56. The molecule has 7 nitrogen and oxygen atoms in total. The van der Waals surface area contributed by atoms with Crippen LogP contribution in [0.25, 0.3) is 0 Å². The minimum absolute atomic E-state index is 0.0448. The molecule has 2 rings (SSSR count). The molecule has 7 heteroatoms. The summed E-state index contributed by atoms with van der Waals surface area (Å²) in [6.07, 6.45) is 8.47. The third-order valence-corrected chi connectivity index (χ3v) is 5.66. The topological polar surface area (TPSA) is 90.9 Å². The van der Waals surface area contributed by atoms with Gasteiger partial charge in [0.25, 0.3) is 0 Å². The van der Waals surface area contributed by atoms with E-state index in [1.807, 2.05) is 60.7 Å². The summed E-state index contributed by atoms with van der Waals surface area (Å²) in [5, 5.41) is 2.47. The van der Waals surface area contributed by atoms with Crippen LogP contribution in [0.2, 0.25) is 0 Å². The highest BCUT2D eigenvalue weighted by Crippen LogP contribution is 2.10. The van der Waals surface area contributed by atoms with Crippen molar-refractivity contribution in [3.05, 3.63) is 71.8 Å². The molecular formula is C29H39NO6. The molecule has 2 aromatic rings. The Balaban J connectivity index is 1.78. The van der Waals surface area contributed by atoms with Crippen molar-refractivity contribution in [3.8, 4) is 0 Å². The Kier molecular flexibility index (Phi) is 14.4. The molecule has 0 saturated carbocycles. The van der Waals surface area contributed by atoms with Gasteiger partial charge in [-0.15, -0.1) is 0 Å². The lowest BCUT2D eigenvalue weighted by atomic mass is 10.1. The first kappa shape index (κ1) is 28.9. The van der Waals surface area contributed by atoms with Crippen molar-refractivity contribution in [1.29, 1.82) is 0 Å². The lowest BCUT2D eigenvalue weighted by Gasteiger charge is -2.18. The zero-order chi connectivity index (χ0) is 25.8. The van der Waals surface area contributed by atoms with Gasteiger partial charge in [0.1, 0.15) is 19.8 Å². The minimum atomic E-state index is -1.17. The van der Waals surface area contributed by atoms with E-state index in [1.165, 1.54) is 32.1 Å². The van der Waals surface area contributed by atoms with Crippen LogP contribution in [0.15, 0.2) is 60.7 Å². The van der Waals surface area contributed by atoms with Crippen molar-refractivity contribution in [2.24, 2.45) is 0 Å². The molecule has 1 amide bonds. The van der Waals surface area contributed by atoms with E-state index in [1.54, 1.807) is 0 Å². The zero-order valence-electron chi connectivity index (χ0n) is 21.3. The largest absolute Gasteiger partial charge is 0.463 e. The predicted molar refractivity (Wildman–Crippen MR) is 138 cm³/mol. The van der Waals surface area contributed by atoms with Crippen molar-refractivity contribution in [1.82, 2.24) is 5.32 Å². The van der Waals surface area contributed by atoms with Crippen LogP contribution in [0, 0.1) is 0 Å². The second-order valence-corrected chi connectivity index (χ2v) is 8.76. The van der Waals surface area contributed by atoms with Crippen LogP contribution in [0.1, 0.15) is 75.8 Å². The fraction of sp³-hybridized carbons (Fsp3) is 0.483. The summed E-state index contributed by atoms with van der Waals surface area (Å²) in [6.45, 7) is 1.98. The maximum absolute atomic E-state index is 12.7. The second kappa shape index (κ2) is 18.0. The van der Waals surface area contributed by atoms with Gasteiger partial charge in [-0.05, 0) is 17.5 Å². The number of esters is 2. The van der Waals surface area contributed by atoms with Gasteiger partial charge in [0, 0.05) is 6.42 Å². The summed E-state index contributed by atoms with van der Waals surface area (Å²) in [5.74, 6) is -1.10. The van der Waals surface area contributed by atoms with E-state index in [9.17, 15) is 14.4 Å². The number of carbonyl (C=O) groups is 3. The van der Waals surface area contributed by atoms with Crippen LogP contribution in [0.5, 0.6) is 0 Å². The van der Waals surface area contributed by atoms with Gasteiger partial charge >= 0.3 is 18.0 Å². The van der Waals surface area contributed by atoms with Crippen LogP contribution in [0.3, 0.4) is 0 Å². The standard InChI is InChI=1S/C29H39NO6/c1-2-3-4-5-6-7-8-15-20-27(31)34-23-26(28(32)35-21-24-16-11-9-12-17-24)30-29(33)36-22-25-18-13-10-14-19-25/h9-14,16-19,26H,2-8,15,20-23H2,1H3,(H,30,33). The Morgan fingerprint density at radius 3 is 1.81 bits per heavy atom. The summed E-state index contributed by atoms with van der Waals surface area (Å²) in [4.78, 5) is 37.2. The van der Waals surface area contributed by atoms with E-state index in [4.69, 9.17) is 14.2 Å². The fourth-order valence-electron chi connectivity index (χ4n) is 3.56. The SMILES string of the molecule is CCCCCCCCCCC(=O)OCC(NC(=O)OCc1ccccc1)C(=O)OCc1ccccc1. The quantitative estimate of drug-likeness (QED) is 0.161. The lowest BCUT2D eigenvalue weighted by Crippen LogP contribution is -2.45. The number of nitrogens with one attached hydrogen (secondary N) is 1. The van der Waals surface area contributed by atoms with E-state index in [2.05, 4.69) is 12.2 Å². The van der Waals surface area contributed by atoms with Gasteiger partial charge in [-0.25, -0.2) is 9.59 Å². The summed E-state index contributed by atoms with van der Waals surface area (Å²) in [7, 11) is 0. The molecule has 0 fully saturated rings. The Bertz CT molecular complexity index is 887. The number of hydrogen-bond acceptors (Lipinski definition) is 6. The number of hydrogen-bond donors (Lipinski definition) is 1. The molecule has 196 valence electrons. The third-order valence-electron chi connectivity index (χ3n) is 5.66. The summed E-state index contributed by atoms with van der Waals surface area (Å²) >= 11 is 0. The van der Waals surface area contributed by atoms with E-state index in [0.717, 1.165) is 30.4 Å². The number of benzene rings is 2. The number of rotatable bonds is 17. The molecule has 36 heavy (non-hydrogen) atoms. The van der Waals surface area contributed by atoms with Gasteiger partial charge in [-0.1, -0.05) is 113 Å². The lowest BCUT2D eigenvalue weighted by molar-refractivity contribution is -0.153. The van der Waals surface area contributed by atoms with Crippen LogP contribution in [-0.4, -0.2) is 30.7 Å². The Morgan fingerprint density at radius 1 is 0.694 bits per heavy atom. The van der Waals surface area contributed by atoms with Crippen molar-refractivity contribution in [2.45, 2.75) is 84.0 Å². The first-order valence-corrected chi connectivity index (χ1v) is 12.9. The van der Waals surface area contributed by atoms with Crippen LogP contribution < -0.4 is 5.32 Å². The number of carbonyl (C=O) groups excluding carboxylic acids is 3. The first-order valence-electron chi connectivity index (χ1n) is 12.9. The number of unbranched alkanes of at least 4 members (excludes halogenated alkanes) is 7. The van der Waals surface area contributed by atoms with Gasteiger partial charge in [0.2, 0.25) is 0 Å². The molecule has 0 aliphatic heterocycles. The number of alkyl carbamates (subject to hydrolysis) is 1. The monoisotopic (exact) mass is 497 g/mol. The minimum Gasteiger partial charge on any atom is -0.463 e. The van der Waals surface area contributed by atoms with Gasteiger partial charge in [0.15, 0.2) is 6.04 Å². The van der Waals surface area contributed by atoms with Gasteiger partial charge in [0.05, 0.1) is 0 Å². The number of amides is 1. The Hall–Kier alpha value is -3.35. The molecule has 0 radical (unpaired) electrons. The van der Waals surface area contributed by atoms with Gasteiger partial charge in [-0.3, -0.25) is 4.79 Å². The molecule has 0 aromatic heterocycles. The van der Waals surface area contributed by atoms with Gasteiger partial charge in [-0.2, -0.15) is 0 Å². The molecule has 1 atom stereocenters. The third kappa shape index (κ3) is 12.9. The Morgan fingerprint density at radius 2 is 1.22 bits per heavy atom. The highest BCUT2D eigenvalue weighted by molar-refractivity contribution is 5.82. The average molecular weight is 498 g/mol. The van der Waals surface area contributed by atoms with E-state index < -0.39 is 24.1 Å². The van der Waals surface area contributed by atoms with Crippen molar-refractivity contribution in [2.75, 3.05) is 6.61 Å². The van der Waals surface area contributed by atoms with Crippen molar-refractivity contribution in [3.63, 3.8) is 0 Å². The van der Waals surface area contributed by atoms with Crippen molar-refractivity contribution < 1.29 is 28.6 Å². The van der Waals surface area contributed by atoms with Crippen LogP contribution in [-0.2, 0) is 37.0 Å². The maximum atomic E-state index is 12.7. The average Bonchev–Trinajstić information content (AvgIpc) is 2.91. The summed E-state index contributed by atoms with van der Waals surface area (Å²) in [5.41, 5.74) is 1.62. The highest BCUT2D eigenvalue weighted by Gasteiger charge is 2.25. The zero-order valence-corrected chi connectivity index (χ0v) is 21.3. The molecular weight excluding hydrogens is 458 g/mol. The second-order valence-electron chi connectivity index (χ2n) is 8.76. The summed E-state index contributed by atoms with van der Waals surface area (Å²) < 4.78 is 15.8. The Labute approximate surface area is 214 Å². The molecule has 0 bridgehead atoms. The molecule has 0 spiro atoms. The molecule has 0 heterocycles. The predicted octanol–water partition coefficient (Wildman–Crippen LogP) is 6.10. The molecule has 0 aliphatic rings. The van der Waals surface area contributed by atoms with E-state index in [0.29, 0.717) is 0 Å². The van der Waals surface area contributed by atoms with Gasteiger partial charge < -0.3 is 19.5 Å². The molecule has 2 aromatic carbocycles. The van der Waals surface area contributed by atoms with Crippen LogP contribution >= 0.6 is 0 Å². The van der Waals surface area contributed by atoms with Crippen LogP contribution in [0.4, 0.5) is 4.79 Å². The maximum Gasteiger partial charge on any atom is 0.408 e. The van der Waals surface area contributed by atoms with E-state index >= 15 is 0 Å². The molecule has 0 aliphatic carbocycles. The summed E-state index contributed by atoms with van der Waals surface area (Å²) in [6, 6.07) is 17.2. The smallest absolute Gasteiger partial charge is 0.408 e.